The lowest BCUT2D eigenvalue weighted by atomic mass is 10.1. The summed E-state index contributed by atoms with van der Waals surface area (Å²) in [4.78, 5) is 66.4. The molecular weight excluding hydrogens is 861 g/mol. The number of aromatic nitrogens is 12. The Morgan fingerprint density at radius 3 is 1.94 bits per heavy atom. The topological polar surface area (TPSA) is 261 Å². The van der Waals surface area contributed by atoms with Gasteiger partial charge in [-0.25, -0.2) is 34.7 Å². The standard InChI is InChI=1S/C45H46N16O4S/c1-60-22-28(43(64)65)13-37(42(60)63)26-4-10-38(46-16-26)52-31-5-8-34(14-31)55-45-50-20-36(21-51-45)66-24-29-12-27(40-56-58-59-57-40)23-61(41(29)62)35-9-11-39(47-19-35)53-32-6-7-33(15-32)54-44-48-17-30(18-49-44)25-2-3-25/h4,9-13,16-23,25,31-34H,2-3,5-8,14-15,24H2,1H3,(H,46,52)(H,47,53)(H,64,65)(H,48,49,54)(H,50,51,55)(H,56,57,58,59)/t31-,32-,33-,34-/m0/s1. The van der Waals surface area contributed by atoms with Crippen LogP contribution < -0.4 is 32.4 Å². The molecule has 7 aromatic heterocycles. The zero-order chi connectivity index (χ0) is 45.1. The van der Waals surface area contributed by atoms with E-state index in [2.05, 4.69) is 71.8 Å². The lowest BCUT2D eigenvalue weighted by Crippen LogP contribution is -2.23. The molecule has 3 fully saturated rings. The van der Waals surface area contributed by atoms with Crippen molar-refractivity contribution in [3.8, 4) is 28.2 Å². The minimum atomic E-state index is -1.11. The van der Waals surface area contributed by atoms with Crippen LogP contribution in [0.25, 0.3) is 28.2 Å². The Morgan fingerprint density at radius 1 is 0.727 bits per heavy atom. The number of H-pyrrole nitrogens is 1. The van der Waals surface area contributed by atoms with Crippen molar-refractivity contribution in [3.05, 3.63) is 123 Å². The average Bonchev–Trinajstić information content (AvgIpc) is 3.60. The number of aromatic amines is 1. The van der Waals surface area contributed by atoms with E-state index in [1.165, 1.54) is 54.0 Å². The first kappa shape index (κ1) is 42.4. The van der Waals surface area contributed by atoms with Gasteiger partial charge < -0.3 is 30.9 Å². The fraction of sp³-hybridized carbons (Fsp3) is 0.333. The first-order valence-electron chi connectivity index (χ1n) is 21.9. The van der Waals surface area contributed by atoms with Gasteiger partial charge in [-0.1, -0.05) is 0 Å². The lowest BCUT2D eigenvalue weighted by Gasteiger charge is -2.16. The zero-order valence-corrected chi connectivity index (χ0v) is 36.6. The number of tetrazole rings is 1. The fourth-order valence-electron chi connectivity index (χ4n) is 8.57. The van der Waals surface area contributed by atoms with Crippen molar-refractivity contribution in [2.24, 2.45) is 7.05 Å². The minimum absolute atomic E-state index is 0.0272. The van der Waals surface area contributed by atoms with Crippen molar-refractivity contribution in [2.75, 3.05) is 21.3 Å². The Kier molecular flexibility index (Phi) is 11.9. The highest BCUT2D eigenvalue weighted by Gasteiger charge is 2.28. The molecule has 21 heteroatoms. The van der Waals surface area contributed by atoms with Crippen LogP contribution in [-0.2, 0) is 12.8 Å². The van der Waals surface area contributed by atoms with Crippen LogP contribution in [0.1, 0.15) is 78.8 Å². The van der Waals surface area contributed by atoms with Gasteiger partial charge in [0, 0.05) is 107 Å². The van der Waals surface area contributed by atoms with E-state index < -0.39 is 5.97 Å². The highest BCUT2D eigenvalue weighted by Crippen LogP contribution is 2.39. The molecule has 0 unspecified atom stereocenters. The zero-order valence-electron chi connectivity index (χ0n) is 35.8. The maximum Gasteiger partial charge on any atom is 0.337 e. The highest BCUT2D eigenvalue weighted by molar-refractivity contribution is 7.98. The van der Waals surface area contributed by atoms with E-state index in [9.17, 15) is 19.5 Å². The molecule has 0 spiro atoms. The molecule has 6 N–H and O–H groups in total. The first-order chi connectivity index (χ1) is 32.2. The normalized spacial score (nSPS) is 19.1. The largest absolute Gasteiger partial charge is 0.478 e. The SMILES string of the molecule is Cn1cc(C(=O)O)cc(-c2ccc(N[C@H]3CC[C@H](Nc4ncc(SCc5cc(-c6nn[nH]n6)cn(-c6ccc(N[C@H]7CC[C@H](Nc8ncc(C9CC9)cn8)C7)nc6)c5=O)cn4)C3)nc2)c1=O. The van der Waals surface area contributed by atoms with Crippen LogP contribution in [-0.4, -0.2) is 94.9 Å². The van der Waals surface area contributed by atoms with E-state index >= 15 is 0 Å². The Bertz CT molecular complexity index is 2940. The van der Waals surface area contributed by atoms with Crippen LogP contribution in [0.3, 0.4) is 0 Å². The smallest absolute Gasteiger partial charge is 0.337 e. The first-order valence-corrected chi connectivity index (χ1v) is 22.8. The number of carboxylic acid groups (broad SMARTS) is 1. The average molecular weight is 907 g/mol. The Morgan fingerprint density at radius 2 is 1.36 bits per heavy atom. The van der Waals surface area contributed by atoms with E-state index in [0.29, 0.717) is 57.6 Å². The highest BCUT2D eigenvalue weighted by atomic mass is 32.2. The van der Waals surface area contributed by atoms with Gasteiger partial charge in [0.1, 0.15) is 11.6 Å². The van der Waals surface area contributed by atoms with Crippen LogP contribution in [0.5, 0.6) is 0 Å². The summed E-state index contributed by atoms with van der Waals surface area (Å²) in [5, 5.41) is 37.9. The molecule has 0 amide bonds. The fourth-order valence-corrected chi connectivity index (χ4v) is 9.35. The van der Waals surface area contributed by atoms with Gasteiger partial charge in [0.15, 0.2) is 0 Å². The number of rotatable bonds is 16. The minimum Gasteiger partial charge on any atom is -0.478 e. The number of hydrogen-bond acceptors (Lipinski definition) is 17. The summed E-state index contributed by atoms with van der Waals surface area (Å²) in [5.74, 6) is 2.80. The molecule has 3 saturated carbocycles. The number of nitrogens with one attached hydrogen (secondary N) is 5. The van der Waals surface area contributed by atoms with E-state index in [1.807, 2.05) is 24.5 Å². The van der Waals surface area contributed by atoms with Gasteiger partial charge in [0.05, 0.1) is 17.4 Å². The number of aromatic carboxylic acids is 1. The van der Waals surface area contributed by atoms with Crippen LogP contribution in [0.15, 0.2) is 100 Å². The number of pyridine rings is 4. The number of anilines is 4. The second kappa shape index (κ2) is 18.5. The third-order valence-corrected chi connectivity index (χ3v) is 13.2. The van der Waals surface area contributed by atoms with Crippen molar-refractivity contribution < 1.29 is 9.90 Å². The summed E-state index contributed by atoms with van der Waals surface area (Å²) in [6.07, 6.45) is 21.6. The van der Waals surface area contributed by atoms with Crippen LogP contribution in [0.2, 0.25) is 0 Å². The Labute approximate surface area is 381 Å². The van der Waals surface area contributed by atoms with E-state index in [0.717, 1.165) is 49.2 Å². The third kappa shape index (κ3) is 9.75. The Hall–Kier alpha value is -7.55. The van der Waals surface area contributed by atoms with Crippen LogP contribution >= 0.6 is 11.8 Å². The van der Waals surface area contributed by atoms with Gasteiger partial charge in [-0.3, -0.25) is 14.2 Å². The van der Waals surface area contributed by atoms with Crippen molar-refractivity contribution in [1.29, 1.82) is 0 Å². The summed E-state index contributed by atoms with van der Waals surface area (Å²) in [5.41, 5.74) is 3.33. The molecule has 10 rings (SSSR count). The van der Waals surface area contributed by atoms with E-state index in [4.69, 9.17) is 0 Å². The van der Waals surface area contributed by atoms with Gasteiger partial charge in [0.25, 0.3) is 11.1 Å². The lowest BCUT2D eigenvalue weighted by molar-refractivity contribution is 0.0696. The van der Waals surface area contributed by atoms with Crippen molar-refractivity contribution in [1.82, 2.24) is 59.7 Å². The van der Waals surface area contributed by atoms with Gasteiger partial charge in [-0.05, 0) is 104 Å². The number of carbonyl (C=O) groups is 1. The summed E-state index contributed by atoms with van der Waals surface area (Å²) >= 11 is 1.45. The molecule has 0 aromatic carbocycles. The number of aryl methyl sites for hydroxylation is 1. The van der Waals surface area contributed by atoms with Crippen molar-refractivity contribution in [2.45, 2.75) is 92.1 Å². The second-order valence-electron chi connectivity index (χ2n) is 17.0. The number of hydrogen-bond donors (Lipinski definition) is 6. The maximum absolute atomic E-state index is 14.0. The molecule has 336 valence electrons. The van der Waals surface area contributed by atoms with Gasteiger partial charge >= 0.3 is 5.97 Å². The molecule has 7 heterocycles. The quantitative estimate of drug-likeness (QED) is 0.0653. The third-order valence-electron chi connectivity index (χ3n) is 12.2. The Balaban J connectivity index is 0.733. The van der Waals surface area contributed by atoms with Crippen molar-refractivity contribution in [3.63, 3.8) is 0 Å². The molecule has 66 heavy (non-hydrogen) atoms. The molecular formula is C45H46N16O4S. The second-order valence-corrected chi connectivity index (χ2v) is 18.0. The summed E-state index contributed by atoms with van der Waals surface area (Å²) in [6, 6.07) is 11.3. The maximum atomic E-state index is 14.0. The molecule has 3 aliphatic carbocycles. The molecule has 4 atom stereocenters. The van der Waals surface area contributed by atoms with Gasteiger partial charge in [-0.2, -0.15) is 5.21 Å². The van der Waals surface area contributed by atoms with E-state index in [1.54, 1.807) is 53.8 Å². The molecule has 3 aliphatic rings. The number of carboxylic acids is 1. The summed E-state index contributed by atoms with van der Waals surface area (Å²) in [6.45, 7) is 0. The molecule has 0 aliphatic heterocycles. The van der Waals surface area contributed by atoms with Crippen molar-refractivity contribution >= 4 is 41.3 Å². The van der Waals surface area contributed by atoms with E-state index in [-0.39, 0.29) is 46.4 Å². The van der Waals surface area contributed by atoms with Gasteiger partial charge in [0.2, 0.25) is 17.7 Å². The number of nitrogens with zero attached hydrogens (tertiary/aromatic N) is 11. The predicted octanol–water partition coefficient (Wildman–Crippen LogP) is 5.51. The van der Waals surface area contributed by atoms with Crippen LogP contribution in [0.4, 0.5) is 23.5 Å². The summed E-state index contributed by atoms with van der Waals surface area (Å²) in [7, 11) is 1.53. The summed E-state index contributed by atoms with van der Waals surface area (Å²) < 4.78 is 2.82. The number of thioether (sulfide) groups is 1. The molecule has 7 aromatic rings. The van der Waals surface area contributed by atoms with Crippen LogP contribution in [0, 0.1) is 0 Å². The van der Waals surface area contributed by atoms with Gasteiger partial charge in [-0.15, -0.1) is 22.0 Å². The monoisotopic (exact) mass is 906 g/mol. The molecule has 0 saturated heterocycles. The molecule has 0 radical (unpaired) electrons. The predicted molar refractivity (Wildman–Crippen MR) is 248 cm³/mol. The molecule has 20 nitrogen and oxygen atoms in total. The molecule has 0 bridgehead atoms.